The SMILES string of the molecule is C=CC(CCO[Si](C)(C)C(C)(C)C)CNC. The maximum absolute atomic E-state index is 6.14. The molecule has 2 nitrogen and oxygen atoms in total. The van der Waals surface area contributed by atoms with E-state index in [0.29, 0.717) is 11.0 Å². The Morgan fingerprint density at radius 2 is 1.94 bits per heavy atom. The first kappa shape index (κ1) is 15.9. The molecule has 0 aromatic rings. The Hall–Kier alpha value is -0.123. The van der Waals surface area contributed by atoms with Crippen molar-refractivity contribution >= 4 is 8.32 Å². The highest BCUT2D eigenvalue weighted by Gasteiger charge is 2.36. The Morgan fingerprint density at radius 3 is 2.31 bits per heavy atom. The predicted octanol–water partition coefficient (Wildman–Crippen LogP) is 3.42. The Kier molecular flexibility index (Phi) is 6.52. The fourth-order valence-electron chi connectivity index (χ4n) is 1.25. The van der Waals surface area contributed by atoms with Gasteiger partial charge >= 0.3 is 0 Å². The summed E-state index contributed by atoms with van der Waals surface area (Å²) in [6.07, 6.45) is 3.09. The molecule has 16 heavy (non-hydrogen) atoms. The molecule has 1 atom stereocenters. The van der Waals surface area contributed by atoms with Crippen LogP contribution in [0.5, 0.6) is 0 Å². The van der Waals surface area contributed by atoms with E-state index in [9.17, 15) is 0 Å². The van der Waals surface area contributed by atoms with E-state index in [1.165, 1.54) is 0 Å². The highest BCUT2D eigenvalue weighted by atomic mass is 28.4. The lowest BCUT2D eigenvalue weighted by atomic mass is 10.1. The van der Waals surface area contributed by atoms with E-state index in [-0.39, 0.29) is 0 Å². The van der Waals surface area contributed by atoms with E-state index in [0.717, 1.165) is 19.6 Å². The molecule has 3 heteroatoms. The van der Waals surface area contributed by atoms with E-state index in [1.54, 1.807) is 0 Å². The summed E-state index contributed by atoms with van der Waals surface area (Å²) < 4.78 is 6.14. The van der Waals surface area contributed by atoms with Gasteiger partial charge in [-0.05, 0) is 37.5 Å². The molecule has 1 N–H and O–H groups in total. The first-order chi connectivity index (χ1) is 7.24. The average Bonchev–Trinajstić information content (AvgIpc) is 2.14. The van der Waals surface area contributed by atoms with Crippen molar-refractivity contribution in [2.24, 2.45) is 5.92 Å². The lowest BCUT2D eigenvalue weighted by Crippen LogP contribution is -2.41. The number of hydrogen-bond acceptors (Lipinski definition) is 2. The van der Waals surface area contributed by atoms with E-state index in [4.69, 9.17) is 4.43 Å². The summed E-state index contributed by atoms with van der Waals surface area (Å²) in [7, 11) is 0.415. The normalized spacial score (nSPS) is 14.9. The number of nitrogens with one attached hydrogen (secondary N) is 1. The molecule has 0 aromatic carbocycles. The molecule has 0 radical (unpaired) electrons. The van der Waals surface area contributed by atoms with Crippen molar-refractivity contribution in [3.63, 3.8) is 0 Å². The highest BCUT2D eigenvalue weighted by molar-refractivity contribution is 6.74. The van der Waals surface area contributed by atoms with Crippen LogP contribution in [0, 0.1) is 5.92 Å². The maximum atomic E-state index is 6.14. The summed E-state index contributed by atoms with van der Waals surface area (Å²) in [6.45, 7) is 17.1. The van der Waals surface area contributed by atoms with E-state index < -0.39 is 8.32 Å². The van der Waals surface area contributed by atoms with Crippen LogP contribution in [0.15, 0.2) is 12.7 Å². The minimum atomic E-state index is -1.56. The van der Waals surface area contributed by atoms with Crippen LogP contribution in [0.3, 0.4) is 0 Å². The molecular formula is C13H29NOSi. The van der Waals surface area contributed by atoms with Crippen molar-refractivity contribution in [3.05, 3.63) is 12.7 Å². The summed E-state index contributed by atoms with van der Waals surface area (Å²) in [5.74, 6) is 0.523. The van der Waals surface area contributed by atoms with Crippen molar-refractivity contribution < 1.29 is 4.43 Å². The summed E-state index contributed by atoms with van der Waals surface area (Å²) in [5, 5.41) is 3.49. The molecule has 1 unspecified atom stereocenters. The molecular weight excluding hydrogens is 214 g/mol. The van der Waals surface area contributed by atoms with E-state index in [2.05, 4.69) is 45.8 Å². The lowest BCUT2D eigenvalue weighted by molar-refractivity contribution is 0.265. The van der Waals surface area contributed by atoms with E-state index in [1.807, 2.05) is 13.1 Å². The predicted molar refractivity (Wildman–Crippen MR) is 75.4 cm³/mol. The zero-order valence-electron chi connectivity index (χ0n) is 11.9. The molecule has 0 aromatic heterocycles. The third-order valence-electron chi connectivity index (χ3n) is 3.56. The smallest absolute Gasteiger partial charge is 0.191 e. The van der Waals surface area contributed by atoms with Crippen LogP contribution in [0.1, 0.15) is 27.2 Å². The van der Waals surface area contributed by atoms with Crippen LogP contribution in [0.4, 0.5) is 0 Å². The van der Waals surface area contributed by atoms with Gasteiger partial charge in [0, 0.05) is 13.2 Å². The van der Waals surface area contributed by atoms with Gasteiger partial charge in [-0.3, -0.25) is 0 Å². The van der Waals surface area contributed by atoms with Gasteiger partial charge in [0.05, 0.1) is 0 Å². The standard InChI is InChI=1S/C13H29NOSi/c1-8-12(11-14-5)9-10-15-16(6,7)13(2,3)4/h8,12,14H,1,9-11H2,2-7H3. The lowest BCUT2D eigenvalue weighted by Gasteiger charge is -2.36. The molecule has 0 heterocycles. The van der Waals surface area contributed by atoms with Crippen LogP contribution in [0.25, 0.3) is 0 Å². The van der Waals surface area contributed by atoms with Crippen molar-refractivity contribution in [2.75, 3.05) is 20.2 Å². The molecule has 0 rings (SSSR count). The first-order valence-electron chi connectivity index (χ1n) is 6.15. The molecule has 0 aliphatic heterocycles. The summed E-state index contributed by atoms with van der Waals surface area (Å²) in [4.78, 5) is 0. The van der Waals surface area contributed by atoms with Gasteiger partial charge in [-0.15, -0.1) is 6.58 Å². The quantitative estimate of drug-likeness (QED) is 0.546. The molecule has 0 saturated carbocycles. The fourth-order valence-corrected chi connectivity index (χ4v) is 2.31. The van der Waals surface area contributed by atoms with E-state index >= 15 is 0 Å². The van der Waals surface area contributed by atoms with Crippen LogP contribution in [-0.4, -0.2) is 28.5 Å². The van der Waals surface area contributed by atoms with Crippen molar-refractivity contribution in [1.29, 1.82) is 0 Å². The van der Waals surface area contributed by atoms with Crippen LogP contribution < -0.4 is 5.32 Å². The van der Waals surface area contributed by atoms with Crippen molar-refractivity contribution in [2.45, 2.75) is 45.3 Å². The first-order valence-corrected chi connectivity index (χ1v) is 9.06. The third-order valence-corrected chi connectivity index (χ3v) is 8.10. The Balaban J connectivity index is 4.01. The zero-order valence-corrected chi connectivity index (χ0v) is 12.9. The van der Waals surface area contributed by atoms with Crippen LogP contribution >= 0.6 is 0 Å². The molecule has 0 spiro atoms. The Bertz CT molecular complexity index is 208. The second kappa shape index (κ2) is 6.57. The second-order valence-corrected chi connectivity index (χ2v) is 10.8. The van der Waals surface area contributed by atoms with Gasteiger partial charge in [-0.2, -0.15) is 0 Å². The maximum Gasteiger partial charge on any atom is 0.191 e. The Morgan fingerprint density at radius 1 is 1.38 bits per heavy atom. The van der Waals surface area contributed by atoms with Gasteiger partial charge in [0.2, 0.25) is 0 Å². The number of hydrogen-bond donors (Lipinski definition) is 1. The van der Waals surface area contributed by atoms with Crippen LogP contribution in [-0.2, 0) is 4.43 Å². The third kappa shape index (κ3) is 5.28. The number of rotatable bonds is 7. The minimum absolute atomic E-state index is 0.305. The fraction of sp³-hybridized carbons (Fsp3) is 0.846. The molecule has 0 aliphatic rings. The molecule has 96 valence electrons. The zero-order chi connectivity index (χ0) is 12.8. The monoisotopic (exact) mass is 243 g/mol. The molecule has 0 saturated heterocycles. The van der Waals surface area contributed by atoms with Gasteiger partial charge in [0.15, 0.2) is 8.32 Å². The largest absolute Gasteiger partial charge is 0.417 e. The molecule has 0 bridgehead atoms. The molecule has 0 fully saturated rings. The van der Waals surface area contributed by atoms with Crippen LogP contribution in [0.2, 0.25) is 18.1 Å². The van der Waals surface area contributed by atoms with Crippen molar-refractivity contribution in [3.8, 4) is 0 Å². The second-order valence-electron chi connectivity index (χ2n) is 5.95. The summed E-state index contributed by atoms with van der Waals surface area (Å²) in [6, 6.07) is 0. The summed E-state index contributed by atoms with van der Waals surface area (Å²) >= 11 is 0. The van der Waals surface area contributed by atoms with Gasteiger partial charge in [0.1, 0.15) is 0 Å². The molecule has 0 amide bonds. The van der Waals surface area contributed by atoms with Gasteiger partial charge in [-0.1, -0.05) is 26.8 Å². The average molecular weight is 243 g/mol. The minimum Gasteiger partial charge on any atom is -0.417 e. The highest BCUT2D eigenvalue weighted by Crippen LogP contribution is 2.36. The van der Waals surface area contributed by atoms with Gasteiger partial charge in [0.25, 0.3) is 0 Å². The summed E-state index contributed by atoms with van der Waals surface area (Å²) in [5.41, 5.74) is 0. The van der Waals surface area contributed by atoms with Crippen molar-refractivity contribution in [1.82, 2.24) is 5.32 Å². The Labute approximate surface area is 103 Å². The van der Waals surface area contributed by atoms with Gasteiger partial charge < -0.3 is 9.74 Å². The topological polar surface area (TPSA) is 21.3 Å². The molecule has 0 aliphatic carbocycles. The van der Waals surface area contributed by atoms with Gasteiger partial charge in [-0.25, -0.2) is 0 Å².